The molecule has 0 aliphatic carbocycles. The predicted octanol–water partition coefficient (Wildman–Crippen LogP) is 1.72. The smallest absolute Gasteiger partial charge is 0.305 e. The Morgan fingerprint density at radius 2 is 2.42 bits per heavy atom. The molecule has 0 bridgehead atoms. The Kier molecular flexibility index (Phi) is 4.76. The maximum Gasteiger partial charge on any atom is 0.305 e. The summed E-state index contributed by atoms with van der Waals surface area (Å²) < 4.78 is 11.2. The number of hydrogen-bond donors (Lipinski definition) is 2. The molecule has 1 aromatic carbocycles. The standard InChI is InChI=1S/C14H19NO4/c15-13(8-14(16)17)10-3-1-4-11(7-10)19-12-5-2-6-18-9-12/h1,3-4,7,12-13H,2,5-6,8-9,15H2,(H,16,17). The molecule has 5 nitrogen and oxygen atoms in total. The van der Waals surface area contributed by atoms with Gasteiger partial charge in [-0.25, -0.2) is 0 Å². The number of carbonyl (C=O) groups is 1. The molecule has 1 heterocycles. The van der Waals surface area contributed by atoms with Crippen LogP contribution in [0.25, 0.3) is 0 Å². The van der Waals surface area contributed by atoms with E-state index in [1.165, 1.54) is 0 Å². The number of aliphatic carboxylic acids is 1. The van der Waals surface area contributed by atoms with Crippen LogP contribution in [-0.2, 0) is 9.53 Å². The van der Waals surface area contributed by atoms with Crippen LogP contribution in [0.1, 0.15) is 30.9 Å². The van der Waals surface area contributed by atoms with E-state index in [1.807, 2.05) is 24.3 Å². The summed E-state index contributed by atoms with van der Waals surface area (Å²) in [6.07, 6.45) is 1.96. The van der Waals surface area contributed by atoms with E-state index in [-0.39, 0.29) is 12.5 Å². The lowest BCUT2D eigenvalue weighted by atomic mass is 10.0. The first kappa shape index (κ1) is 13.8. The Balaban J connectivity index is 1.99. The molecule has 2 rings (SSSR count). The zero-order valence-corrected chi connectivity index (χ0v) is 10.7. The Bertz CT molecular complexity index is 429. The molecular weight excluding hydrogens is 246 g/mol. The highest BCUT2D eigenvalue weighted by atomic mass is 16.5. The van der Waals surface area contributed by atoms with E-state index < -0.39 is 12.0 Å². The van der Waals surface area contributed by atoms with Crippen molar-refractivity contribution in [2.75, 3.05) is 13.2 Å². The molecule has 0 saturated carbocycles. The summed E-state index contributed by atoms with van der Waals surface area (Å²) in [5.41, 5.74) is 6.61. The van der Waals surface area contributed by atoms with Gasteiger partial charge in [-0.1, -0.05) is 12.1 Å². The van der Waals surface area contributed by atoms with E-state index in [2.05, 4.69) is 0 Å². The van der Waals surface area contributed by atoms with Crippen molar-refractivity contribution in [2.45, 2.75) is 31.4 Å². The Labute approximate surface area is 112 Å². The van der Waals surface area contributed by atoms with E-state index >= 15 is 0 Å². The lowest BCUT2D eigenvalue weighted by Gasteiger charge is -2.23. The van der Waals surface area contributed by atoms with Crippen LogP contribution in [0.15, 0.2) is 24.3 Å². The highest BCUT2D eigenvalue weighted by Crippen LogP contribution is 2.22. The molecular formula is C14H19NO4. The van der Waals surface area contributed by atoms with Gasteiger partial charge in [-0.2, -0.15) is 0 Å². The fraction of sp³-hybridized carbons (Fsp3) is 0.500. The maximum absolute atomic E-state index is 10.7. The second-order valence-electron chi connectivity index (χ2n) is 4.73. The minimum atomic E-state index is -0.903. The number of carboxylic acids is 1. The average molecular weight is 265 g/mol. The van der Waals surface area contributed by atoms with Crippen molar-refractivity contribution in [3.63, 3.8) is 0 Å². The number of hydrogen-bond acceptors (Lipinski definition) is 4. The number of ether oxygens (including phenoxy) is 2. The van der Waals surface area contributed by atoms with Gasteiger partial charge in [0.15, 0.2) is 0 Å². The summed E-state index contributed by atoms with van der Waals surface area (Å²) in [6, 6.07) is 6.80. The summed E-state index contributed by atoms with van der Waals surface area (Å²) >= 11 is 0. The van der Waals surface area contributed by atoms with Gasteiger partial charge in [0.25, 0.3) is 0 Å². The molecule has 1 aliphatic heterocycles. The van der Waals surface area contributed by atoms with Gasteiger partial charge in [0.05, 0.1) is 13.0 Å². The normalized spacial score (nSPS) is 20.8. The molecule has 1 aliphatic rings. The van der Waals surface area contributed by atoms with Gasteiger partial charge in [0.2, 0.25) is 0 Å². The van der Waals surface area contributed by atoms with Crippen LogP contribution in [0.2, 0.25) is 0 Å². The summed E-state index contributed by atoms with van der Waals surface area (Å²) in [5, 5.41) is 8.75. The third-order valence-corrected chi connectivity index (χ3v) is 3.10. The first-order valence-corrected chi connectivity index (χ1v) is 6.47. The van der Waals surface area contributed by atoms with Gasteiger partial charge in [-0.3, -0.25) is 4.79 Å². The quantitative estimate of drug-likeness (QED) is 0.847. The third kappa shape index (κ3) is 4.22. The average Bonchev–Trinajstić information content (AvgIpc) is 2.39. The SMILES string of the molecule is NC(CC(=O)O)c1cccc(OC2CCCOC2)c1. The van der Waals surface area contributed by atoms with Crippen molar-refractivity contribution in [3.8, 4) is 5.75 Å². The monoisotopic (exact) mass is 265 g/mol. The van der Waals surface area contributed by atoms with Gasteiger partial charge in [-0.15, -0.1) is 0 Å². The Morgan fingerprint density at radius 3 is 3.11 bits per heavy atom. The predicted molar refractivity (Wildman–Crippen MR) is 70.1 cm³/mol. The molecule has 0 amide bonds. The highest BCUT2D eigenvalue weighted by Gasteiger charge is 2.16. The first-order chi connectivity index (χ1) is 9.15. The minimum Gasteiger partial charge on any atom is -0.488 e. The maximum atomic E-state index is 10.7. The molecule has 0 radical (unpaired) electrons. The second kappa shape index (κ2) is 6.54. The number of nitrogens with two attached hydrogens (primary N) is 1. The van der Waals surface area contributed by atoms with Gasteiger partial charge in [0, 0.05) is 12.6 Å². The van der Waals surface area contributed by atoms with Crippen molar-refractivity contribution in [1.29, 1.82) is 0 Å². The van der Waals surface area contributed by atoms with Crippen LogP contribution in [-0.4, -0.2) is 30.4 Å². The molecule has 3 N–H and O–H groups in total. The van der Waals surface area contributed by atoms with E-state index in [1.54, 1.807) is 0 Å². The van der Waals surface area contributed by atoms with E-state index in [9.17, 15) is 4.79 Å². The molecule has 2 atom stereocenters. The van der Waals surface area contributed by atoms with Crippen LogP contribution < -0.4 is 10.5 Å². The highest BCUT2D eigenvalue weighted by molar-refractivity contribution is 5.67. The van der Waals surface area contributed by atoms with Crippen LogP contribution in [0.4, 0.5) is 0 Å². The van der Waals surface area contributed by atoms with Crippen LogP contribution in [0, 0.1) is 0 Å². The molecule has 19 heavy (non-hydrogen) atoms. The van der Waals surface area contributed by atoms with Crippen LogP contribution >= 0.6 is 0 Å². The zero-order chi connectivity index (χ0) is 13.7. The molecule has 1 saturated heterocycles. The number of benzene rings is 1. The zero-order valence-electron chi connectivity index (χ0n) is 10.7. The minimum absolute atomic E-state index is 0.0692. The molecule has 1 aromatic rings. The van der Waals surface area contributed by atoms with Gasteiger partial charge < -0.3 is 20.3 Å². The van der Waals surface area contributed by atoms with Crippen LogP contribution in [0.3, 0.4) is 0 Å². The number of rotatable bonds is 5. The molecule has 104 valence electrons. The van der Waals surface area contributed by atoms with Crippen molar-refractivity contribution < 1.29 is 19.4 Å². The lowest BCUT2D eigenvalue weighted by molar-refractivity contribution is -0.137. The van der Waals surface area contributed by atoms with Crippen LogP contribution in [0.5, 0.6) is 5.75 Å². The summed E-state index contributed by atoms with van der Waals surface area (Å²) in [7, 11) is 0. The van der Waals surface area contributed by atoms with Crippen molar-refractivity contribution in [2.24, 2.45) is 5.73 Å². The first-order valence-electron chi connectivity index (χ1n) is 6.47. The summed E-state index contributed by atoms with van der Waals surface area (Å²) in [5.74, 6) is -0.187. The van der Waals surface area contributed by atoms with Gasteiger partial charge in [-0.05, 0) is 30.5 Å². The largest absolute Gasteiger partial charge is 0.488 e. The Hall–Kier alpha value is -1.59. The molecule has 5 heteroatoms. The summed E-state index contributed by atoms with van der Waals surface area (Å²) in [6.45, 7) is 1.40. The fourth-order valence-corrected chi connectivity index (χ4v) is 2.12. The number of carboxylic acid groups (broad SMARTS) is 1. The van der Waals surface area contributed by atoms with Crippen molar-refractivity contribution >= 4 is 5.97 Å². The third-order valence-electron chi connectivity index (χ3n) is 3.10. The van der Waals surface area contributed by atoms with E-state index in [0.29, 0.717) is 12.4 Å². The molecule has 2 unspecified atom stereocenters. The van der Waals surface area contributed by atoms with Crippen molar-refractivity contribution in [3.05, 3.63) is 29.8 Å². The summed E-state index contributed by atoms with van der Waals surface area (Å²) in [4.78, 5) is 10.7. The lowest BCUT2D eigenvalue weighted by Crippen LogP contribution is -2.28. The molecule has 1 fully saturated rings. The molecule has 0 spiro atoms. The van der Waals surface area contributed by atoms with Gasteiger partial charge >= 0.3 is 5.97 Å². The van der Waals surface area contributed by atoms with Crippen molar-refractivity contribution in [1.82, 2.24) is 0 Å². The van der Waals surface area contributed by atoms with E-state index in [4.69, 9.17) is 20.3 Å². The molecule has 0 aromatic heterocycles. The Morgan fingerprint density at radius 1 is 1.58 bits per heavy atom. The van der Waals surface area contributed by atoms with Gasteiger partial charge in [0.1, 0.15) is 11.9 Å². The fourth-order valence-electron chi connectivity index (χ4n) is 2.12. The topological polar surface area (TPSA) is 81.8 Å². The second-order valence-corrected chi connectivity index (χ2v) is 4.73. The van der Waals surface area contributed by atoms with E-state index in [0.717, 1.165) is 25.0 Å².